The van der Waals surface area contributed by atoms with Crippen LogP contribution in [0.5, 0.6) is 0 Å². The maximum atomic E-state index is 5.33. The summed E-state index contributed by atoms with van der Waals surface area (Å²) in [6.07, 6.45) is 10.5. The van der Waals surface area contributed by atoms with Crippen LogP contribution in [0.1, 0.15) is 59.3 Å². The smallest absolute Gasteiger partial charge is 0.256 e. The van der Waals surface area contributed by atoms with Crippen LogP contribution in [-0.4, -0.2) is 65.3 Å². The monoisotopic (exact) mass is 375 g/mol. The lowest BCUT2D eigenvalue weighted by Crippen LogP contribution is -2.41. The molecule has 0 amide bonds. The molecule has 0 spiro atoms. The summed E-state index contributed by atoms with van der Waals surface area (Å²) in [6.45, 7) is 14.2. The molecule has 4 aliphatic heterocycles. The van der Waals surface area contributed by atoms with Crippen molar-refractivity contribution in [3.63, 3.8) is 0 Å². The minimum atomic E-state index is -0.487. The van der Waals surface area contributed by atoms with Crippen LogP contribution in [0.15, 0.2) is 28.0 Å². The van der Waals surface area contributed by atoms with Crippen LogP contribution in [0, 0.1) is 0 Å². The van der Waals surface area contributed by atoms with Gasteiger partial charge in [-0.3, -0.25) is 4.90 Å². The van der Waals surface area contributed by atoms with Gasteiger partial charge in [-0.25, -0.2) is 0 Å². The van der Waals surface area contributed by atoms with E-state index in [1.54, 1.807) is 5.70 Å². The molecule has 2 atom stereocenters. The van der Waals surface area contributed by atoms with Crippen molar-refractivity contribution < 1.29 is 0 Å². The molecule has 5 heteroatoms. The highest BCUT2D eigenvalue weighted by Crippen LogP contribution is 2.49. The van der Waals surface area contributed by atoms with Crippen LogP contribution in [0.3, 0.4) is 0 Å². The number of hydrogen-bond donors (Lipinski definition) is 0. The zero-order valence-corrected chi connectivity index (χ0v) is 17.8. The van der Waals surface area contributed by atoms with Gasteiger partial charge in [-0.1, -0.05) is 4.74 Å². The topological polar surface area (TPSA) is 22.1 Å². The minimum absolute atomic E-state index is 0.0370. The van der Waals surface area contributed by atoms with Crippen molar-refractivity contribution in [2.75, 3.05) is 39.3 Å². The third-order valence-corrected chi connectivity index (χ3v) is 8.30. The standard InChI is InChI=1S/C21H36N4P/c1-21(2,3)22-26-17-10-18(23-11-4-5-12-23)19(24-13-6-7-14-24)20(26)25-15-8-9-16-25/h10,17,20H,4-9,11-16H2,1-3H3/q+1. The maximum Gasteiger partial charge on any atom is 0.256 e. The van der Waals surface area contributed by atoms with Crippen LogP contribution in [0.2, 0.25) is 0 Å². The average Bonchev–Trinajstić information content (AvgIpc) is 3.34. The highest BCUT2D eigenvalue weighted by Gasteiger charge is 2.45. The Labute approximate surface area is 160 Å². The Balaban J connectivity index is 1.78. The normalized spacial score (nSPS) is 29.7. The van der Waals surface area contributed by atoms with Gasteiger partial charge in [0, 0.05) is 45.3 Å². The molecule has 0 aliphatic carbocycles. The summed E-state index contributed by atoms with van der Waals surface area (Å²) in [5, 5.41) is 0. The molecular formula is C21H36N4P+. The van der Waals surface area contributed by atoms with E-state index in [1.807, 2.05) is 0 Å². The second kappa shape index (κ2) is 7.64. The van der Waals surface area contributed by atoms with Crippen molar-refractivity contribution in [1.29, 1.82) is 0 Å². The van der Waals surface area contributed by atoms with Crippen molar-refractivity contribution in [3.05, 3.63) is 23.3 Å². The summed E-state index contributed by atoms with van der Waals surface area (Å²) < 4.78 is 5.33. The summed E-state index contributed by atoms with van der Waals surface area (Å²) in [6, 6.07) is 0. The number of nitrogens with zero attached hydrogens (tertiary/aromatic N) is 4. The molecule has 0 N–H and O–H groups in total. The zero-order chi connectivity index (χ0) is 18.1. The van der Waals surface area contributed by atoms with Gasteiger partial charge in [-0.05, 0) is 59.3 Å². The Hall–Kier alpha value is -0.860. The fourth-order valence-corrected chi connectivity index (χ4v) is 7.28. The van der Waals surface area contributed by atoms with Crippen molar-refractivity contribution in [2.24, 2.45) is 4.74 Å². The third kappa shape index (κ3) is 3.87. The minimum Gasteiger partial charge on any atom is -0.370 e. The molecule has 4 rings (SSSR count). The lowest BCUT2D eigenvalue weighted by atomic mass is 10.1. The van der Waals surface area contributed by atoms with Gasteiger partial charge in [0.05, 0.1) is 11.2 Å². The van der Waals surface area contributed by atoms with E-state index >= 15 is 0 Å². The molecule has 2 unspecified atom stereocenters. The fraction of sp³-hybridized carbons (Fsp3) is 0.810. The quantitative estimate of drug-likeness (QED) is 0.662. The molecule has 0 bridgehead atoms. The number of hydrogen-bond acceptors (Lipinski definition) is 4. The van der Waals surface area contributed by atoms with Crippen LogP contribution >= 0.6 is 7.71 Å². The molecule has 4 heterocycles. The molecule has 4 aliphatic rings. The number of rotatable bonds is 3. The molecule has 3 saturated heterocycles. The van der Waals surface area contributed by atoms with E-state index in [0.29, 0.717) is 5.78 Å². The van der Waals surface area contributed by atoms with Crippen LogP contribution < -0.4 is 0 Å². The summed E-state index contributed by atoms with van der Waals surface area (Å²) >= 11 is 0. The molecule has 4 nitrogen and oxygen atoms in total. The Bertz CT molecular complexity index is 598. The first-order valence-corrected chi connectivity index (χ1v) is 12.1. The van der Waals surface area contributed by atoms with Crippen molar-refractivity contribution in [1.82, 2.24) is 14.7 Å². The lowest BCUT2D eigenvalue weighted by molar-refractivity contribution is 0.270. The third-order valence-electron chi connectivity index (χ3n) is 5.94. The molecule has 26 heavy (non-hydrogen) atoms. The van der Waals surface area contributed by atoms with Gasteiger partial charge in [0.2, 0.25) is 5.78 Å². The first-order chi connectivity index (χ1) is 12.5. The lowest BCUT2D eigenvalue weighted by Gasteiger charge is -2.35. The van der Waals surface area contributed by atoms with E-state index in [-0.39, 0.29) is 5.54 Å². The molecular weight excluding hydrogens is 339 g/mol. The molecule has 144 valence electrons. The van der Waals surface area contributed by atoms with Gasteiger partial charge < -0.3 is 9.80 Å². The average molecular weight is 376 g/mol. The summed E-state index contributed by atoms with van der Waals surface area (Å²) in [5.74, 6) is 2.99. The molecule has 0 aromatic rings. The Morgan fingerprint density at radius 2 is 1.38 bits per heavy atom. The highest BCUT2D eigenvalue weighted by atomic mass is 31.1. The predicted octanol–water partition coefficient (Wildman–Crippen LogP) is 4.80. The highest BCUT2D eigenvalue weighted by molar-refractivity contribution is 7.52. The van der Waals surface area contributed by atoms with Gasteiger partial charge in [-0.15, -0.1) is 0 Å². The predicted molar refractivity (Wildman–Crippen MR) is 111 cm³/mol. The van der Waals surface area contributed by atoms with E-state index in [1.165, 1.54) is 83.5 Å². The Kier molecular flexibility index (Phi) is 5.43. The Morgan fingerprint density at radius 1 is 0.846 bits per heavy atom. The van der Waals surface area contributed by atoms with E-state index in [2.05, 4.69) is 47.4 Å². The van der Waals surface area contributed by atoms with Crippen molar-refractivity contribution in [2.45, 2.75) is 70.6 Å². The van der Waals surface area contributed by atoms with E-state index in [0.717, 1.165) is 0 Å². The molecule has 0 radical (unpaired) electrons. The SMILES string of the molecule is CC(C)(C)N=[P+]1C=CC(N2CCCC2)=C(N2CCCC2)C1N1CCCC1. The molecule has 0 aromatic heterocycles. The Morgan fingerprint density at radius 3 is 1.96 bits per heavy atom. The van der Waals surface area contributed by atoms with Gasteiger partial charge in [-0.2, -0.15) is 0 Å². The number of allylic oxidation sites excluding steroid dienone is 1. The van der Waals surface area contributed by atoms with Gasteiger partial charge >= 0.3 is 0 Å². The maximum absolute atomic E-state index is 5.33. The largest absolute Gasteiger partial charge is 0.370 e. The summed E-state index contributed by atoms with van der Waals surface area (Å²) in [7, 11) is -0.487. The van der Waals surface area contributed by atoms with E-state index in [4.69, 9.17) is 4.74 Å². The van der Waals surface area contributed by atoms with Crippen molar-refractivity contribution >= 4 is 7.71 Å². The van der Waals surface area contributed by atoms with Gasteiger partial charge in [0.15, 0.2) is 0 Å². The summed E-state index contributed by atoms with van der Waals surface area (Å²) in [5.41, 5.74) is 3.20. The second-order valence-electron chi connectivity index (χ2n) is 9.24. The first kappa shape index (κ1) is 18.5. The zero-order valence-electron chi connectivity index (χ0n) is 17.0. The first-order valence-electron chi connectivity index (χ1n) is 10.7. The fourth-order valence-electron chi connectivity index (χ4n) is 4.84. The molecule has 3 fully saturated rings. The van der Waals surface area contributed by atoms with Crippen molar-refractivity contribution in [3.8, 4) is 0 Å². The molecule has 0 aromatic carbocycles. The van der Waals surface area contributed by atoms with E-state index in [9.17, 15) is 0 Å². The van der Waals surface area contributed by atoms with Crippen LogP contribution in [-0.2, 0) is 0 Å². The van der Waals surface area contributed by atoms with Crippen LogP contribution in [0.4, 0.5) is 0 Å². The molecule has 0 saturated carbocycles. The number of likely N-dealkylation sites (tertiary alicyclic amines) is 3. The van der Waals surface area contributed by atoms with Gasteiger partial charge in [0.1, 0.15) is 11.5 Å². The second-order valence-corrected chi connectivity index (χ2v) is 11.0. The summed E-state index contributed by atoms with van der Waals surface area (Å²) in [4.78, 5) is 8.17. The van der Waals surface area contributed by atoms with Gasteiger partial charge in [0.25, 0.3) is 7.71 Å². The van der Waals surface area contributed by atoms with Crippen LogP contribution in [0.25, 0.3) is 0 Å². The van der Waals surface area contributed by atoms with E-state index < -0.39 is 7.71 Å².